The Labute approximate surface area is 230 Å². The van der Waals surface area contributed by atoms with Crippen LogP contribution in [0, 0.1) is 0 Å². The normalized spacial score (nSPS) is 22.7. The van der Waals surface area contributed by atoms with Crippen LogP contribution < -0.4 is 10.5 Å². The minimum absolute atomic E-state index is 0.0208. The van der Waals surface area contributed by atoms with Gasteiger partial charge >= 0.3 is 6.09 Å². The first-order chi connectivity index (χ1) is 17.8. The number of hydrogen-bond donors (Lipinski definition) is 2. The maximum Gasteiger partial charge on any atom is 0.407 e. The summed E-state index contributed by atoms with van der Waals surface area (Å²) in [6.45, 7) is 13.1. The van der Waals surface area contributed by atoms with E-state index in [1.165, 1.54) is 15.3 Å². The topological polar surface area (TPSA) is 128 Å². The molecular weight excluding hydrogens is 520 g/mol. The van der Waals surface area contributed by atoms with Crippen molar-refractivity contribution in [1.29, 1.82) is 0 Å². The van der Waals surface area contributed by atoms with Gasteiger partial charge < -0.3 is 24.9 Å². The molecule has 38 heavy (non-hydrogen) atoms. The number of carboxylic acid groups (broad SMARTS) is 1. The molecule has 9 nitrogen and oxygen atoms in total. The van der Waals surface area contributed by atoms with Gasteiger partial charge in [-0.05, 0) is 81.5 Å². The maximum atomic E-state index is 12.5. The van der Waals surface area contributed by atoms with Gasteiger partial charge in [-0.3, -0.25) is 4.79 Å². The van der Waals surface area contributed by atoms with Crippen molar-refractivity contribution in [2.45, 2.75) is 115 Å². The summed E-state index contributed by atoms with van der Waals surface area (Å²) in [5.41, 5.74) is 7.04. The summed E-state index contributed by atoms with van der Waals surface area (Å²) in [5, 5.41) is 10.4. The lowest BCUT2D eigenvalue weighted by atomic mass is 9.92. The zero-order valence-electron chi connectivity index (χ0n) is 23.5. The number of rotatable bonds is 9. The van der Waals surface area contributed by atoms with Crippen LogP contribution in [0.5, 0.6) is 5.88 Å². The highest BCUT2D eigenvalue weighted by atomic mass is 32.1. The van der Waals surface area contributed by atoms with Crippen molar-refractivity contribution < 1.29 is 23.9 Å². The summed E-state index contributed by atoms with van der Waals surface area (Å²) in [6, 6.07) is 0.0316. The van der Waals surface area contributed by atoms with Gasteiger partial charge in [0.05, 0.1) is 5.39 Å². The Morgan fingerprint density at radius 1 is 1.21 bits per heavy atom. The molecule has 0 radical (unpaired) electrons. The Balaban J connectivity index is 1.54. The van der Waals surface area contributed by atoms with E-state index in [0.29, 0.717) is 18.8 Å². The van der Waals surface area contributed by atoms with Crippen molar-refractivity contribution in [2.75, 3.05) is 6.54 Å². The molecule has 0 aliphatic heterocycles. The van der Waals surface area contributed by atoms with Crippen molar-refractivity contribution in [1.82, 2.24) is 14.9 Å². The second kappa shape index (κ2) is 11.1. The third-order valence-electron chi connectivity index (χ3n) is 8.70. The van der Waals surface area contributed by atoms with Crippen molar-refractivity contribution in [3.8, 4) is 5.88 Å². The number of carbonyl (C=O) groups is 2. The molecule has 2 aromatic rings. The second-order valence-corrected chi connectivity index (χ2v) is 18.0. The molecule has 2 amide bonds. The molecule has 0 bridgehead atoms. The van der Waals surface area contributed by atoms with Crippen LogP contribution >= 0.6 is 11.3 Å². The summed E-state index contributed by atoms with van der Waals surface area (Å²) in [5.74, 6) is 0.308. The molecule has 0 aromatic carbocycles. The van der Waals surface area contributed by atoms with Gasteiger partial charge in [0.25, 0.3) is 0 Å². The van der Waals surface area contributed by atoms with Crippen molar-refractivity contribution in [3.63, 3.8) is 0 Å². The van der Waals surface area contributed by atoms with E-state index in [1.807, 2.05) is 6.92 Å². The van der Waals surface area contributed by atoms with Gasteiger partial charge in [-0.2, -0.15) is 0 Å². The number of carbonyl (C=O) groups excluding carboxylic acids is 1. The van der Waals surface area contributed by atoms with Gasteiger partial charge in [0.2, 0.25) is 11.8 Å². The predicted molar refractivity (Wildman–Crippen MR) is 151 cm³/mol. The van der Waals surface area contributed by atoms with Crippen LogP contribution in [0.1, 0.15) is 82.6 Å². The number of thiophene rings is 1. The average molecular weight is 563 g/mol. The van der Waals surface area contributed by atoms with Crippen LogP contribution in [0.25, 0.3) is 10.2 Å². The number of nitrogens with zero attached hydrogens (tertiary/aromatic N) is 3. The van der Waals surface area contributed by atoms with Crippen LogP contribution in [-0.4, -0.2) is 65.1 Å². The number of amides is 2. The number of ether oxygens (including phenoxy) is 1. The molecule has 2 heterocycles. The van der Waals surface area contributed by atoms with Crippen LogP contribution in [0.4, 0.5) is 4.79 Å². The van der Waals surface area contributed by atoms with E-state index in [2.05, 4.69) is 43.8 Å². The fourth-order valence-corrected chi connectivity index (χ4v) is 8.07. The smallest absolute Gasteiger partial charge is 0.407 e. The van der Waals surface area contributed by atoms with Gasteiger partial charge in [0.15, 0.2) is 8.32 Å². The number of aromatic nitrogens is 2. The third-order valence-corrected chi connectivity index (χ3v) is 14.4. The SMILES string of the molecule is CCN(C(=O)O)[C@H]1CC[C@H](Oc2ncnc3sc4c(c23)[C@@H](C[C@H](O[Si](C)(C)C(C)(C)C)C(N)=O)CC4)CC1. The third kappa shape index (κ3) is 5.84. The van der Waals surface area contributed by atoms with Crippen LogP contribution in [0.3, 0.4) is 0 Å². The summed E-state index contributed by atoms with van der Waals surface area (Å²) >= 11 is 1.68. The van der Waals surface area contributed by atoms with Gasteiger partial charge in [-0.1, -0.05) is 20.8 Å². The Kier molecular flexibility index (Phi) is 8.39. The molecule has 210 valence electrons. The van der Waals surface area contributed by atoms with Gasteiger partial charge in [-0.15, -0.1) is 11.3 Å². The molecule has 2 aliphatic carbocycles. The van der Waals surface area contributed by atoms with Gasteiger partial charge in [-0.25, -0.2) is 14.8 Å². The predicted octanol–water partition coefficient (Wildman–Crippen LogP) is 5.68. The van der Waals surface area contributed by atoms with Gasteiger partial charge in [0, 0.05) is 17.5 Å². The number of primary amides is 1. The van der Waals surface area contributed by atoms with E-state index < -0.39 is 26.4 Å². The molecule has 0 saturated heterocycles. The minimum atomic E-state index is -2.18. The molecule has 2 aliphatic rings. The molecule has 4 rings (SSSR count). The van der Waals surface area contributed by atoms with Crippen molar-refractivity contribution in [2.24, 2.45) is 5.73 Å². The Morgan fingerprint density at radius 3 is 2.47 bits per heavy atom. The fourth-order valence-electron chi connectivity index (χ4n) is 5.56. The zero-order chi connectivity index (χ0) is 27.8. The molecule has 3 N–H and O–H groups in total. The first-order valence-corrected chi connectivity index (χ1v) is 17.4. The van der Waals surface area contributed by atoms with Crippen LogP contribution in [0.2, 0.25) is 18.1 Å². The number of hydrogen-bond acceptors (Lipinski definition) is 7. The summed E-state index contributed by atoms with van der Waals surface area (Å²) in [6.07, 6.45) is 5.54. The largest absolute Gasteiger partial charge is 0.474 e. The molecule has 2 aromatic heterocycles. The molecule has 0 spiro atoms. The lowest BCUT2D eigenvalue weighted by Gasteiger charge is -2.39. The quantitative estimate of drug-likeness (QED) is 0.377. The van der Waals surface area contributed by atoms with Crippen molar-refractivity contribution in [3.05, 3.63) is 16.8 Å². The monoisotopic (exact) mass is 562 g/mol. The lowest BCUT2D eigenvalue weighted by Crippen LogP contribution is -2.48. The van der Waals surface area contributed by atoms with E-state index in [0.717, 1.165) is 48.7 Å². The first-order valence-electron chi connectivity index (χ1n) is 13.7. The number of fused-ring (bicyclic) bond motifs is 3. The Morgan fingerprint density at radius 2 is 1.89 bits per heavy atom. The highest BCUT2D eigenvalue weighted by Crippen LogP contribution is 2.48. The Hall–Kier alpha value is -2.24. The summed E-state index contributed by atoms with van der Waals surface area (Å²) in [4.78, 5) is 36.8. The number of aryl methyl sites for hydroxylation is 1. The molecule has 1 saturated carbocycles. The van der Waals surface area contributed by atoms with E-state index in [4.69, 9.17) is 14.9 Å². The van der Waals surface area contributed by atoms with Gasteiger partial charge in [0.1, 0.15) is 23.4 Å². The second-order valence-electron chi connectivity index (χ2n) is 12.2. The summed E-state index contributed by atoms with van der Waals surface area (Å²) in [7, 11) is -2.18. The standard InChI is InChI=1S/C27H42N4O5SSi/c1-7-31(26(33)34)17-9-11-18(12-10-17)35-24-22-21-16(8-13-20(21)37-25(22)30-15-29-24)14-19(23(28)32)36-38(5,6)27(2,3)4/h15-19H,7-14H2,1-6H3,(H2,28,32)(H,33,34)/t16-,17-,18-,19+/m1/s1. The van der Waals surface area contributed by atoms with Crippen molar-refractivity contribution >= 4 is 41.9 Å². The zero-order valence-corrected chi connectivity index (χ0v) is 25.3. The molecule has 0 unspecified atom stereocenters. The van der Waals surface area contributed by atoms with E-state index in [9.17, 15) is 14.7 Å². The summed E-state index contributed by atoms with van der Waals surface area (Å²) < 4.78 is 13.0. The van der Waals surface area contributed by atoms with E-state index in [1.54, 1.807) is 17.7 Å². The van der Waals surface area contributed by atoms with E-state index >= 15 is 0 Å². The minimum Gasteiger partial charge on any atom is -0.474 e. The molecular formula is C27H42N4O5SSi. The molecule has 1 fully saturated rings. The average Bonchev–Trinajstić information content (AvgIpc) is 3.39. The number of nitrogens with two attached hydrogens (primary N) is 1. The highest BCUT2D eigenvalue weighted by molar-refractivity contribution is 7.19. The van der Waals surface area contributed by atoms with E-state index in [-0.39, 0.29) is 23.1 Å². The highest BCUT2D eigenvalue weighted by Gasteiger charge is 2.42. The molecule has 11 heteroatoms. The van der Waals surface area contributed by atoms with Crippen LogP contribution in [-0.2, 0) is 15.6 Å². The fraction of sp³-hybridized carbons (Fsp3) is 0.704. The Bertz CT molecular complexity index is 1170. The lowest BCUT2D eigenvalue weighted by molar-refractivity contribution is -0.125. The first kappa shape index (κ1) is 28.8. The van der Waals surface area contributed by atoms with Crippen LogP contribution in [0.15, 0.2) is 6.33 Å². The maximum absolute atomic E-state index is 12.5. The molecule has 2 atom stereocenters.